The van der Waals surface area contributed by atoms with E-state index in [4.69, 9.17) is 5.11 Å². The molecule has 0 unspecified atom stereocenters. The summed E-state index contributed by atoms with van der Waals surface area (Å²) in [5.41, 5.74) is 0. The Kier molecular flexibility index (Phi) is 11.9. The van der Waals surface area contributed by atoms with Gasteiger partial charge in [-0.1, -0.05) is 32.1 Å². The molecule has 0 saturated carbocycles. The molecule has 2 nitrogen and oxygen atoms in total. The van der Waals surface area contributed by atoms with Crippen molar-refractivity contribution in [2.75, 3.05) is 32.0 Å². The minimum atomic E-state index is -4.18. The third kappa shape index (κ3) is 14.3. The van der Waals surface area contributed by atoms with Crippen LogP contribution in [0.15, 0.2) is 0 Å². The highest BCUT2D eigenvalue weighted by Crippen LogP contribution is 2.17. The third-order valence-electron chi connectivity index (χ3n) is 2.95. The molecule has 0 heterocycles. The number of rotatable bonds is 12. The molecule has 0 saturated heterocycles. The molecule has 0 bridgehead atoms. The van der Waals surface area contributed by atoms with Crippen LogP contribution < -0.4 is 0 Å². The highest BCUT2D eigenvalue weighted by atomic mass is 32.1. The first-order valence-corrected chi connectivity index (χ1v) is 7.63. The Bertz CT molecular complexity index is 203. The number of unbranched alkanes of at least 4 members (excludes halogenated alkanes) is 6. The van der Waals surface area contributed by atoms with Crippen LogP contribution in [0.5, 0.6) is 0 Å². The maximum absolute atomic E-state index is 12.2. The number of aliphatic hydroxyl groups is 1. The molecule has 0 aliphatic heterocycles. The first-order chi connectivity index (χ1) is 8.99. The van der Waals surface area contributed by atoms with E-state index in [2.05, 4.69) is 12.6 Å². The normalized spacial score (nSPS) is 12.3. The van der Waals surface area contributed by atoms with E-state index in [1.165, 1.54) is 17.7 Å². The second kappa shape index (κ2) is 11.9. The van der Waals surface area contributed by atoms with Gasteiger partial charge in [0.25, 0.3) is 0 Å². The van der Waals surface area contributed by atoms with Crippen molar-refractivity contribution in [3.8, 4) is 0 Å². The van der Waals surface area contributed by atoms with Crippen molar-refractivity contribution >= 4 is 12.6 Å². The standard InChI is InChI=1S/C13H26F3NOS/c14-13(15,16)12-17(9-10-18)8-6-4-2-1-3-5-7-11-19/h18-19H,1-12H2. The van der Waals surface area contributed by atoms with Gasteiger partial charge in [0, 0.05) is 6.54 Å². The fraction of sp³-hybridized carbons (Fsp3) is 1.00. The van der Waals surface area contributed by atoms with Gasteiger partial charge in [0.05, 0.1) is 13.2 Å². The van der Waals surface area contributed by atoms with Crippen molar-refractivity contribution in [1.29, 1.82) is 0 Å². The van der Waals surface area contributed by atoms with Gasteiger partial charge < -0.3 is 5.11 Å². The Morgan fingerprint density at radius 3 is 1.84 bits per heavy atom. The first kappa shape index (κ1) is 19.1. The van der Waals surface area contributed by atoms with E-state index >= 15 is 0 Å². The van der Waals surface area contributed by atoms with E-state index < -0.39 is 12.7 Å². The zero-order valence-corrected chi connectivity index (χ0v) is 12.4. The zero-order chi connectivity index (χ0) is 14.6. The third-order valence-corrected chi connectivity index (χ3v) is 3.27. The van der Waals surface area contributed by atoms with Gasteiger partial charge in [-0.2, -0.15) is 25.8 Å². The van der Waals surface area contributed by atoms with Crippen LogP contribution in [0.3, 0.4) is 0 Å². The molecule has 0 spiro atoms. The monoisotopic (exact) mass is 301 g/mol. The van der Waals surface area contributed by atoms with Crippen molar-refractivity contribution in [2.45, 2.75) is 51.1 Å². The van der Waals surface area contributed by atoms with Crippen LogP contribution in [0.4, 0.5) is 13.2 Å². The minimum Gasteiger partial charge on any atom is -0.395 e. The molecule has 6 heteroatoms. The fourth-order valence-corrected chi connectivity index (χ4v) is 2.22. The molecule has 19 heavy (non-hydrogen) atoms. The van der Waals surface area contributed by atoms with Gasteiger partial charge in [-0.05, 0) is 25.1 Å². The molecule has 0 fully saturated rings. The predicted octanol–water partition coefficient (Wildman–Crippen LogP) is 3.50. The van der Waals surface area contributed by atoms with Gasteiger partial charge in [-0.15, -0.1) is 0 Å². The summed E-state index contributed by atoms with van der Waals surface area (Å²) >= 11 is 4.14. The summed E-state index contributed by atoms with van der Waals surface area (Å²) in [6.45, 7) is -0.631. The summed E-state index contributed by atoms with van der Waals surface area (Å²) in [5, 5.41) is 8.74. The lowest BCUT2D eigenvalue weighted by Crippen LogP contribution is -2.36. The minimum absolute atomic E-state index is 0.0987. The SMILES string of the molecule is OCCN(CCCCCCCCCS)CC(F)(F)F. The molecule has 0 aromatic rings. The van der Waals surface area contributed by atoms with Gasteiger partial charge >= 0.3 is 6.18 Å². The van der Waals surface area contributed by atoms with Crippen LogP contribution in [0.2, 0.25) is 0 Å². The summed E-state index contributed by atoms with van der Waals surface area (Å²) in [7, 11) is 0. The van der Waals surface area contributed by atoms with E-state index in [0.717, 1.165) is 37.9 Å². The number of hydrogen-bond acceptors (Lipinski definition) is 3. The highest BCUT2D eigenvalue weighted by Gasteiger charge is 2.30. The Morgan fingerprint density at radius 1 is 0.842 bits per heavy atom. The van der Waals surface area contributed by atoms with Crippen LogP contribution in [0.25, 0.3) is 0 Å². The molecule has 0 radical (unpaired) electrons. The average Bonchev–Trinajstić information content (AvgIpc) is 2.31. The predicted molar refractivity (Wildman–Crippen MR) is 75.8 cm³/mol. The molecule has 0 aliphatic carbocycles. The molecule has 0 atom stereocenters. The molecule has 0 rings (SSSR count). The van der Waals surface area contributed by atoms with Crippen molar-refractivity contribution in [2.24, 2.45) is 0 Å². The summed E-state index contributed by atoms with van der Waals surface area (Å²) in [4.78, 5) is 1.28. The number of alkyl halides is 3. The largest absolute Gasteiger partial charge is 0.401 e. The van der Waals surface area contributed by atoms with Crippen molar-refractivity contribution in [3.63, 3.8) is 0 Å². The fourth-order valence-electron chi connectivity index (χ4n) is 2.00. The van der Waals surface area contributed by atoms with Crippen LogP contribution in [-0.2, 0) is 0 Å². The van der Waals surface area contributed by atoms with Crippen molar-refractivity contribution < 1.29 is 18.3 Å². The molecule has 0 aromatic heterocycles. The lowest BCUT2D eigenvalue weighted by atomic mass is 10.1. The van der Waals surface area contributed by atoms with Crippen LogP contribution in [-0.4, -0.2) is 48.2 Å². The summed E-state index contributed by atoms with van der Waals surface area (Å²) < 4.78 is 36.7. The van der Waals surface area contributed by atoms with Crippen molar-refractivity contribution in [1.82, 2.24) is 4.90 Å². The maximum Gasteiger partial charge on any atom is 0.401 e. The second-order valence-corrected chi connectivity index (χ2v) is 5.26. The van der Waals surface area contributed by atoms with Crippen molar-refractivity contribution in [3.05, 3.63) is 0 Å². The van der Waals surface area contributed by atoms with Gasteiger partial charge in [0.1, 0.15) is 0 Å². The van der Waals surface area contributed by atoms with Gasteiger partial charge in [0.15, 0.2) is 0 Å². The topological polar surface area (TPSA) is 23.5 Å². The van der Waals surface area contributed by atoms with E-state index in [1.807, 2.05) is 0 Å². The van der Waals surface area contributed by atoms with Crippen LogP contribution >= 0.6 is 12.6 Å². The summed E-state index contributed by atoms with van der Waals surface area (Å²) in [6.07, 6.45) is 3.28. The molecule has 1 N–H and O–H groups in total. The van der Waals surface area contributed by atoms with Gasteiger partial charge in [0.2, 0.25) is 0 Å². The quantitative estimate of drug-likeness (QED) is 0.426. The van der Waals surface area contributed by atoms with Gasteiger partial charge in [-0.3, -0.25) is 4.90 Å². The number of thiol groups is 1. The summed E-state index contributed by atoms with van der Waals surface area (Å²) in [5.74, 6) is 0.924. The molecular weight excluding hydrogens is 275 g/mol. The van der Waals surface area contributed by atoms with Crippen LogP contribution in [0.1, 0.15) is 44.9 Å². The molecular formula is C13H26F3NOS. The maximum atomic E-state index is 12.2. The number of aliphatic hydroxyl groups excluding tert-OH is 1. The summed E-state index contributed by atoms with van der Waals surface area (Å²) in [6, 6.07) is 0. The zero-order valence-electron chi connectivity index (χ0n) is 11.5. The lowest BCUT2D eigenvalue weighted by Gasteiger charge is -2.22. The molecule has 0 aliphatic rings. The molecule has 0 aromatic carbocycles. The Balaban J connectivity index is 3.53. The Hall–Kier alpha value is 0.0600. The Morgan fingerprint density at radius 2 is 1.37 bits per heavy atom. The van der Waals surface area contributed by atoms with E-state index in [1.54, 1.807) is 0 Å². The molecule has 0 amide bonds. The van der Waals surface area contributed by atoms with E-state index in [-0.39, 0.29) is 13.2 Å². The smallest absolute Gasteiger partial charge is 0.395 e. The first-order valence-electron chi connectivity index (χ1n) is 7.00. The average molecular weight is 301 g/mol. The van der Waals surface area contributed by atoms with E-state index in [0.29, 0.717) is 6.54 Å². The highest BCUT2D eigenvalue weighted by molar-refractivity contribution is 7.80. The van der Waals surface area contributed by atoms with Gasteiger partial charge in [-0.25, -0.2) is 0 Å². The number of hydrogen-bond donors (Lipinski definition) is 2. The lowest BCUT2D eigenvalue weighted by molar-refractivity contribution is -0.146. The van der Waals surface area contributed by atoms with E-state index in [9.17, 15) is 13.2 Å². The van der Waals surface area contributed by atoms with Crippen LogP contribution in [0, 0.1) is 0 Å². The number of halogens is 3. The molecule has 116 valence electrons. The number of nitrogens with zero attached hydrogens (tertiary/aromatic N) is 1. The second-order valence-electron chi connectivity index (χ2n) is 4.81. The Labute approximate surface area is 119 Å².